The van der Waals surface area contributed by atoms with E-state index in [4.69, 9.17) is 0 Å². The first-order valence-electron chi connectivity index (χ1n) is 8.83. The van der Waals surface area contributed by atoms with Gasteiger partial charge in [-0.2, -0.15) is 4.31 Å². The van der Waals surface area contributed by atoms with Gasteiger partial charge in [-0.1, -0.05) is 6.42 Å². The molecule has 0 bridgehead atoms. The van der Waals surface area contributed by atoms with E-state index < -0.39 is 20.0 Å². The van der Waals surface area contributed by atoms with Crippen LogP contribution in [0.4, 0.5) is 5.69 Å². The maximum absolute atomic E-state index is 12.7. The molecular weight excluding hydrogens is 418 g/mol. The first-order valence-corrected chi connectivity index (χ1v) is 12.6. The van der Waals surface area contributed by atoms with Crippen LogP contribution < -0.4 is 4.72 Å². The lowest BCUT2D eigenvalue weighted by atomic mass is 10.2. The highest BCUT2D eigenvalue weighted by molar-refractivity contribution is 7.92. The molecule has 1 aromatic heterocycles. The van der Waals surface area contributed by atoms with Crippen LogP contribution in [0.25, 0.3) is 10.2 Å². The van der Waals surface area contributed by atoms with Gasteiger partial charge in [0.1, 0.15) is 0 Å². The molecule has 0 aliphatic carbocycles. The van der Waals surface area contributed by atoms with Gasteiger partial charge in [-0.25, -0.2) is 21.8 Å². The van der Waals surface area contributed by atoms with Crippen molar-refractivity contribution in [3.8, 4) is 0 Å². The molecule has 7 nitrogen and oxygen atoms in total. The van der Waals surface area contributed by atoms with Crippen molar-refractivity contribution in [2.24, 2.45) is 0 Å². The fourth-order valence-corrected chi connectivity index (χ4v) is 6.56. The van der Waals surface area contributed by atoms with Crippen molar-refractivity contribution in [3.63, 3.8) is 0 Å². The van der Waals surface area contributed by atoms with E-state index in [0.29, 0.717) is 18.8 Å². The van der Waals surface area contributed by atoms with Crippen LogP contribution in [0.5, 0.6) is 0 Å². The van der Waals surface area contributed by atoms with Crippen molar-refractivity contribution in [3.05, 3.63) is 48.0 Å². The number of fused-ring (bicyclic) bond motifs is 1. The lowest BCUT2D eigenvalue weighted by molar-refractivity contribution is 0.346. The van der Waals surface area contributed by atoms with E-state index in [2.05, 4.69) is 9.71 Å². The molecule has 0 saturated carbocycles. The summed E-state index contributed by atoms with van der Waals surface area (Å²) in [6.07, 6.45) is 2.77. The summed E-state index contributed by atoms with van der Waals surface area (Å²) >= 11 is 1.37. The van der Waals surface area contributed by atoms with Crippen molar-refractivity contribution in [2.45, 2.75) is 29.1 Å². The van der Waals surface area contributed by atoms with E-state index in [1.165, 1.54) is 46.0 Å². The molecule has 1 N–H and O–H groups in total. The first-order chi connectivity index (χ1) is 13.4. The average molecular weight is 438 g/mol. The Balaban J connectivity index is 1.55. The second-order valence-electron chi connectivity index (χ2n) is 6.58. The number of piperidine rings is 1. The molecule has 1 aliphatic rings. The minimum Gasteiger partial charge on any atom is -0.280 e. The smallest absolute Gasteiger partial charge is 0.261 e. The van der Waals surface area contributed by atoms with Gasteiger partial charge in [0.05, 0.1) is 25.5 Å². The molecular formula is C18H19N3O4S3. The molecule has 0 spiro atoms. The Labute approximate surface area is 168 Å². The normalized spacial score (nSPS) is 16.3. The van der Waals surface area contributed by atoms with E-state index >= 15 is 0 Å². The zero-order chi connectivity index (χ0) is 19.8. The molecule has 0 unspecified atom stereocenters. The van der Waals surface area contributed by atoms with Gasteiger partial charge in [-0.15, -0.1) is 11.3 Å². The van der Waals surface area contributed by atoms with Crippen LogP contribution in [0.1, 0.15) is 19.3 Å². The molecule has 28 heavy (non-hydrogen) atoms. The van der Waals surface area contributed by atoms with Crippen molar-refractivity contribution >= 4 is 47.3 Å². The number of nitrogens with one attached hydrogen (secondary N) is 1. The minimum absolute atomic E-state index is 0.134. The monoisotopic (exact) mass is 437 g/mol. The number of nitrogens with zero attached hydrogens (tertiary/aromatic N) is 2. The van der Waals surface area contributed by atoms with Crippen LogP contribution in [0.15, 0.2) is 57.8 Å². The number of thiazole rings is 1. The summed E-state index contributed by atoms with van der Waals surface area (Å²) in [6, 6.07) is 10.6. The van der Waals surface area contributed by atoms with Crippen molar-refractivity contribution in [1.82, 2.24) is 9.29 Å². The second-order valence-corrected chi connectivity index (χ2v) is 11.1. The van der Waals surface area contributed by atoms with Gasteiger partial charge in [-0.05, 0) is 55.3 Å². The highest BCUT2D eigenvalue weighted by Gasteiger charge is 2.26. The van der Waals surface area contributed by atoms with Crippen LogP contribution in [0.2, 0.25) is 0 Å². The maximum Gasteiger partial charge on any atom is 0.261 e. The standard InChI is InChI=1S/C18H19N3O4S3/c22-27(23,16-8-9-17-18(12-16)26-13-19-17)20-14-4-6-15(7-5-14)28(24,25)21-10-2-1-3-11-21/h4-9,12-13,20H,1-3,10-11H2. The van der Waals surface area contributed by atoms with Crippen molar-refractivity contribution in [2.75, 3.05) is 17.8 Å². The number of anilines is 1. The topological polar surface area (TPSA) is 96.4 Å². The predicted molar refractivity (Wildman–Crippen MR) is 109 cm³/mol. The summed E-state index contributed by atoms with van der Waals surface area (Å²) in [6.45, 7) is 1.05. The van der Waals surface area contributed by atoms with Gasteiger partial charge < -0.3 is 0 Å². The van der Waals surface area contributed by atoms with E-state index in [1.807, 2.05) is 0 Å². The molecule has 1 fully saturated rings. The Kier molecular flexibility index (Phi) is 5.13. The van der Waals surface area contributed by atoms with Gasteiger partial charge in [-0.3, -0.25) is 4.72 Å². The van der Waals surface area contributed by atoms with Gasteiger partial charge in [0.25, 0.3) is 10.0 Å². The molecule has 148 valence electrons. The molecule has 2 aromatic carbocycles. The fourth-order valence-electron chi connectivity index (χ4n) is 3.17. The number of hydrogen-bond donors (Lipinski definition) is 1. The molecule has 0 amide bonds. The number of hydrogen-bond acceptors (Lipinski definition) is 6. The number of aromatic nitrogens is 1. The Morgan fingerprint density at radius 1 is 0.893 bits per heavy atom. The summed E-state index contributed by atoms with van der Waals surface area (Å²) in [5, 5.41) is 0. The Morgan fingerprint density at radius 2 is 1.57 bits per heavy atom. The van der Waals surface area contributed by atoms with E-state index in [0.717, 1.165) is 29.5 Å². The summed E-state index contributed by atoms with van der Waals surface area (Å²) < 4.78 is 55.4. The summed E-state index contributed by atoms with van der Waals surface area (Å²) in [5.41, 5.74) is 2.72. The predicted octanol–water partition coefficient (Wildman–Crippen LogP) is 3.27. The van der Waals surface area contributed by atoms with E-state index in [9.17, 15) is 16.8 Å². The van der Waals surface area contributed by atoms with Gasteiger partial charge in [0.2, 0.25) is 10.0 Å². The SMILES string of the molecule is O=S(=O)(Nc1ccc(S(=O)(=O)N2CCCCC2)cc1)c1ccc2ncsc2c1. The Hall–Kier alpha value is -2.01. The van der Waals surface area contributed by atoms with Crippen molar-refractivity contribution in [1.29, 1.82) is 0 Å². The molecule has 4 rings (SSSR count). The van der Waals surface area contributed by atoms with Crippen molar-refractivity contribution < 1.29 is 16.8 Å². The van der Waals surface area contributed by atoms with E-state index in [-0.39, 0.29) is 9.79 Å². The highest BCUT2D eigenvalue weighted by Crippen LogP contribution is 2.25. The minimum atomic E-state index is -3.78. The summed E-state index contributed by atoms with van der Waals surface area (Å²) in [4.78, 5) is 4.44. The third-order valence-electron chi connectivity index (χ3n) is 4.67. The fraction of sp³-hybridized carbons (Fsp3) is 0.278. The van der Waals surface area contributed by atoms with Crippen LogP contribution in [-0.4, -0.2) is 39.2 Å². The maximum atomic E-state index is 12.7. The molecule has 3 aromatic rings. The summed E-state index contributed by atoms with van der Waals surface area (Å²) in [5.74, 6) is 0. The molecule has 0 atom stereocenters. The third kappa shape index (κ3) is 3.77. The molecule has 1 saturated heterocycles. The van der Waals surface area contributed by atoms with Crippen LogP contribution in [0.3, 0.4) is 0 Å². The van der Waals surface area contributed by atoms with E-state index in [1.54, 1.807) is 17.6 Å². The number of rotatable bonds is 5. The van der Waals surface area contributed by atoms with Crippen LogP contribution >= 0.6 is 11.3 Å². The number of benzene rings is 2. The quantitative estimate of drug-likeness (QED) is 0.661. The van der Waals surface area contributed by atoms with Gasteiger partial charge >= 0.3 is 0 Å². The second kappa shape index (κ2) is 7.43. The molecule has 1 aliphatic heterocycles. The Morgan fingerprint density at radius 3 is 2.29 bits per heavy atom. The lowest BCUT2D eigenvalue weighted by Crippen LogP contribution is -2.35. The Bertz CT molecular complexity index is 1200. The number of sulfonamides is 2. The zero-order valence-corrected chi connectivity index (χ0v) is 17.4. The molecule has 0 radical (unpaired) electrons. The largest absolute Gasteiger partial charge is 0.280 e. The summed E-state index contributed by atoms with van der Waals surface area (Å²) in [7, 11) is -7.32. The molecule has 10 heteroatoms. The zero-order valence-electron chi connectivity index (χ0n) is 14.9. The van der Waals surface area contributed by atoms with Gasteiger partial charge in [0, 0.05) is 18.8 Å². The lowest BCUT2D eigenvalue weighted by Gasteiger charge is -2.25. The first kappa shape index (κ1) is 19.3. The highest BCUT2D eigenvalue weighted by atomic mass is 32.2. The van der Waals surface area contributed by atoms with Crippen LogP contribution in [-0.2, 0) is 20.0 Å². The van der Waals surface area contributed by atoms with Gasteiger partial charge in [0.15, 0.2) is 0 Å². The van der Waals surface area contributed by atoms with Crippen LogP contribution in [0, 0.1) is 0 Å². The average Bonchev–Trinajstić information content (AvgIpc) is 3.17. The third-order valence-corrected chi connectivity index (χ3v) is 8.76. The molecule has 2 heterocycles.